The van der Waals surface area contributed by atoms with Gasteiger partial charge in [-0.25, -0.2) is 0 Å². The Kier molecular flexibility index (Phi) is 11.8. The van der Waals surface area contributed by atoms with E-state index in [1.807, 2.05) is 116 Å². The summed E-state index contributed by atoms with van der Waals surface area (Å²) in [6, 6.07) is 32.4. The average Bonchev–Trinajstić information content (AvgIpc) is 3.88. The Morgan fingerprint density at radius 1 is 0.635 bits per heavy atom. The monoisotopic (exact) mass is 695 g/mol. The van der Waals surface area contributed by atoms with Crippen molar-refractivity contribution in [3.8, 4) is 11.8 Å². The van der Waals surface area contributed by atoms with E-state index in [-0.39, 0.29) is 29.5 Å². The number of nitrogens with one attached hydrogen (secondary N) is 3. The fourth-order valence-electron chi connectivity index (χ4n) is 7.16. The summed E-state index contributed by atoms with van der Waals surface area (Å²) in [4.78, 5) is 56.9. The molecule has 4 amide bonds. The van der Waals surface area contributed by atoms with E-state index in [0.717, 1.165) is 35.1 Å². The van der Waals surface area contributed by atoms with E-state index in [1.54, 1.807) is 16.8 Å². The van der Waals surface area contributed by atoms with Crippen molar-refractivity contribution < 1.29 is 19.2 Å². The zero-order chi connectivity index (χ0) is 36.5. The number of rotatable bonds is 10. The van der Waals surface area contributed by atoms with Crippen LogP contribution in [0.15, 0.2) is 109 Å². The molecular weight excluding hydrogens is 651 g/mol. The van der Waals surface area contributed by atoms with Crippen LogP contribution in [0.1, 0.15) is 73.2 Å². The van der Waals surface area contributed by atoms with Crippen molar-refractivity contribution in [1.29, 1.82) is 0 Å². The summed E-state index contributed by atoms with van der Waals surface area (Å²) in [5, 5.41) is 9.07. The summed E-state index contributed by atoms with van der Waals surface area (Å²) in [5.74, 6) is 5.55. The van der Waals surface area contributed by atoms with Crippen molar-refractivity contribution in [3.05, 3.63) is 131 Å². The molecule has 0 spiro atoms. The van der Waals surface area contributed by atoms with Crippen molar-refractivity contribution in [2.75, 3.05) is 30.8 Å². The highest BCUT2D eigenvalue weighted by Gasteiger charge is 2.38. The number of anilines is 2. The van der Waals surface area contributed by atoms with Crippen LogP contribution in [0.3, 0.4) is 0 Å². The summed E-state index contributed by atoms with van der Waals surface area (Å²) in [6.07, 6.45) is 3.49. The Labute approximate surface area is 305 Å². The summed E-state index contributed by atoms with van der Waals surface area (Å²) in [5.41, 5.74) is 4.68. The van der Waals surface area contributed by atoms with Gasteiger partial charge in [0.1, 0.15) is 18.1 Å². The molecule has 0 saturated carbocycles. The van der Waals surface area contributed by atoms with E-state index in [4.69, 9.17) is 0 Å². The van der Waals surface area contributed by atoms with Crippen LogP contribution in [0, 0.1) is 11.8 Å². The Bertz CT molecular complexity index is 1780. The number of benzene rings is 4. The molecule has 2 heterocycles. The van der Waals surface area contributed by atoms with Gasteiger partial charge in [0, 0.05) is 35.6 Å². The molecule has 0 aromatic heterocycles. The third kappa shape index (κ3) is 8.42. The number of nitrogens with zero attached hydrogens (tertiary/aromatic N) is 2. The average molecular weight is 696 g/mol. The Morgan fingerprint density at radius 2 is 1.08 bits per heavy atom. The van der Waals surface area contributed by atoms with Gasteiger partial charge < -0.3 is 25.8 Å². The van der Waals surface area contributed by atoms with Crippen LogP contribution in [0.2, 0.25) is 0 Å². The van der Waals surface area contributed by atoms with Gasteiger partial charge in [-0.3, -0.25) is 19.2 Å². The first-order chi connectivity index (χ1) is 25.4. The second-order valence-corrected chi connectivity index (χ2v) is 13.3. The SMILES string of the molecule is CC[C@@H](C(=O)N1CCC[C@H]1C(=O)Nc1ccc(C#Cc2ccc(NC(=O)[C@@H]3CCCN3C(=O)[C@H](NC)c3ccccc3)cc2)cc1)c1ccccc1. The van der Waals surface area contributed by atoms with Gasteiger partial charge in [-0.05, 0) is 98.8 Å². The maximum atomic E-state index is 13.5. The molecule has 0 aliphatic carbocycles. The number of likely N-dealkylation sites (tertiary alicyclic amines) is 2. The van der Waals surface area contributed by atoms with Gasteiger partial charge in [0.2, 0.25) is 23.6 Å². The number of amides is 4. The first-order valence-corrected chi connectivity index (χ1v) is 18.1. The minimum Gasteiger partial charge on any atom is -0.330 e. The van der Waals surface area contributed by atoms with Crippen LogP contribution in [0.25, 0.3) is 0 Å². The highest BCUT2D eigenvalue weighted by molar-refractivity contribution is 5.99. The molecule has 0 bridgehead atoms. The van der Waals surface area contributed by atoms with Gasteiger partial charge in [0.25, 0.3) is 0 Å². The normalized spacial score (nSPS) is 17.8. The first-order valence-electron chi connectivity index (χ1n) is 18.1. The summed E-state index contributed by atoms with van der Waals surface area (Å²) in [6.45, 7) is 3.12. The molecule has 4 atom stereocenters. The van der Waals surface area contributed by atoms with Crippen LogP contribution in [0.5, 0.6) is 0 Å². The molecule has 9 nitrogen and oxygen atoms in total. The lowest BCUT2D eigenvalue weighted by molar-refractivity contribution is -0.138. The second-order valence-electron chi connectivity index (χ2n) is 13.3. The second kappa shape index (κ2) is 17.0. The summed E-state index contributed by atoms with van der Waals surface area (Å²) in [7, 11) is 1.75. The quantitative estimate of drug-likeness (QED) is 0.174. The molecule has 4 aromatic rings. The van der Waals surface area contributed by atoms with Crippen LogP contribution in [0.4, 0.5) is 11.4 Å². The van der Waals surface area contributed by atoms with E-state index in [0.29, 0.717) is 43.7 Å². The van der Waals surface area contributed by atoms with Crippen LogP contribution >= 0.6 is 0 Å². The fraction of sp³-hybridized carbons (Fsp3) is 0.302. The van der Waals surface area contributed by atoms with Gasteiger partial charge >= 0.3 is 0 Å². The fourth-order valence-corrected chi connectivity index (χ4v) is 7.16. The third-order valence-corrected chi connectivity index (χ3v) is 9.91. The molecule has 4 aromatic carbocycles. The zero-order valence-electron chi connectivity index (χ0n) is 29.7. The molecule has 3 N–H and O–H groups in total. The smallest absolute Gasteiger partial charge is 0.247 e. The van der Waals surface area contributed by atoms with Crippen molar-refractivity contribution in [1.82, 2.24) is 15.1 Å². The Balaban J connectivity index is 1.02. The molecule has 266 valence electrons. The maximum Gasteiger partial charge on any atom is 0.247 e. The lowest BCUT2D eigenvalue weighted by Gasteiger charge is -2.28. The Morgan fingerprint density at radius 3 is 1.52 bits per heavy atom. The van der Waals surface area contributed by atoms with Crippen LogP contribution < -0.4 is 16.0 Å². The van der Waals surface area contributed by atoms with E-state index in [9.17, 15) is 19.2 Å². The zero-order valence-corrected chi connectivity index (χ0v) is 29.7. The minimum absolute atomic E-state index is 0.00160. The maximum absolute atomic E-state index is 13.5. The van der Waals surface area contributed by atoms with Crippen molar-refractivity contribution in [3.63, 3.8) is 0 Å². The van der Waals surface area contributed by atoms with Gasteiger partial charge in [0.15, 0.2) is 0 Å². The summed E-state index contributed by atoms with van der Waals surface area (Å²) < 4.78 is 0. The molecule has 2 saturated heterocycles. The minimum atomic E-state index is -0.535. The number of hydrogen-bond donors (Lipinski definition) is 3. The highest BCUT2D eigenvalue weighted by Crippen LogP contribution is 2.28. The molecule has 52 heavy (non-hydrogen) atoms. The third-order valence-electron chi connectivity index (χ3n) is 9.91. The molecule has 0 radical (unpaired) electrons. The van der Waals surface area contributed by atoms with Crippen LogP contribution in [-0.4, -0.2) is 65.6 Å². The van der Waals surface area contributed by atoms with Gasteiger partial charge in [0.05, 0.1) is 5.92 Å². The molecule has 2 fully saturated rings. The first kappa shape index (κ1) is 36.1. The number of likely N-dealkylation sites (N-methyl/N-ethyl adjacent to an activating group) is 1. The van der Waals surface area contributed by atoms with Crippen molar-refractivity contribution in [2.45, 2.75) is 63.1 Å². The number of hydrogen-bond acceptors (Lipinski definition) is 5. The number of carbonyl (C=O) groups is 4. The molecule has 6 rings (SSSR count). The van der Waals surface area contributed by atoms with E-state index < -0.39 is 18.1 Å². The Hall–Kier alpha value is -5.72. The predicted molar refractivity (Wildman–Crippen MR) is 203 cm³/mol. The summed E-state index contributed by atoms with van der Waals surface area (Å²) >= 11 is 0. The topological polar surface area (TPSA) is 111 Å². The van der Waals surface area contributed by atoms with Crippen molar-refractivity contribution >= 4 is 35.0 Å². The molecule has 2 aliphatic heterocycles. The van der Waals surface area contributed by atoms with Crippen LogP contribution in [-0.2, 0) is 19.2 Å². The lowest BCUT2D eigenvalue weighted by atomic mass is 9.94. The largest absolute Gasteiger partial charge is 0.330 e. The lowest BCUT2D eigenvalue weighted by Crippen LogP contribution is -2.47. The highest BCUT2D eigenvalue weighted by atomic mass is 16.2. The predicted octanol–water partition coefficient (Wildman–Crippen LogP) is 6.10. The number of carbonyl (C=O) groups excluding carboxylic acids is 4. The van der Waals surface area contributed by atoms with Gasteiger partial charge in [-0.1, -0.05) is 79.4 Å². The van der Waals surface area contributed by atoms with Crippen molar-refractivity contribution in [2.24, 2.45) is 0 Å². The van der Waals surface area contributed by atoms with E-state index in [2.05, 4.69) is 27.8 Å². The van der Waals surface area contributed by atoms with Gasteiger partial charge in [-0.2, -0.15) is 0 Å². The molecular formula is C43H45N5O4. The molecule has 9 heteroatoms. The molecule has 0 unspecified atom stereocenters. The van der Waals surface area contributed by atoms with E-state index >= 15 is 0 Å². The van der Waals surface area contributed by atoms with Gasteiger partial charge in [-0.15, -0.1) is 0 Å². The van der Waals surface area contributed by atoms with E-state index in [1.165, 1.54) is 0 Å². The standard InChI is InChI=1S/C43H45N5O4/c1-3-36(32-12-6-4-7-13-32)42(51)47-28-10-16-37(47)40(49)45-34-24-20-30(21-25-34)18-19-31-22-26-35(27-23-31)46-41(50)38-17-11-29-48(38)43(52)39(44-2)33-14-8-5-9-15-33/h4-9,12-15,20-27,36-39,44H,3,10-11,16-17,28-29H2,1-2H3,(H,45,49)(H,46,50)/t36-,37+,38+,39-/m1/s1. The molecule has 2 aliphatic rings.